The maximum absolute atomic E-state index is 12.9. The lowest BCUT2D eigenvalue weighted by molar-refractivity contribution is 0.608. The van der Waals surface area contributed by atoms with Crippen molar-refractivity contribution in [2.75, 3.05) is 0 Å². The van der Waals surface area contributed by atoms with Gasteiger partial charge in [0, 0.05) is 6.20 Å². The number of nitrogens with zero attached hydrogens (tertiary/aromatic N) is 2. The zero-order chi connectivity index (χ0) is 15.6. The predicted octanol–water partition coefficient (Wildman–Crippen LogP) is 3.12. The minimum atomic E-state index is -1.16. The van der Waals surface area contributed by atoms with E-state index in [0.29, 0.717) is 0 Å². The zero-order valence-corrected chi connectivity index (χ0v) is 13.4. The van der Waals surface area contributed by atoms with Crippen LogP contribution in [0, 0.1) is 5.82 Å². The van der Waals surface area contributed by atoms with Crippen molar-refractivity contribution in [3.63, 3.8) is 0 Å². The molecule has 0 fully saturated rings. The van der Waals surface area contributed by atoms with Gasteiger partial charge in [0.15, 0.2) is 0 Å². The Bertz CT molecular complexity index is 631. The molecule has 0 spiro atoms. The van der Waals surface area contributed by atoms with Crippen LogP contribution >= 0.6 is 0 Å². The topological polar surface area (TPSA) is 46.9 Å². The first kappa shape index (κ1) is 15.9. The van der Waals surface area contributed by atoms with Gasteiger partial charge in [-0.1, -0.05) is 0 Å². The molecule has 0 bridgehead atoms. The Kier molecular flexibility index (Phi) is 4.58. The second-order valence-electron chi connectivity index (χ2n) is 5.88. The van der Waals surface area contributed by atoms with E-state index in [9.17, 15) is 8.60 Å². The Morgan fingerprint density at radius 3 is 2.43 bits per heavy atom. The molecule has 1 aromatic heterocycles. The minimum Gasteiger partial charge on any atom is -0.242 e. The molecule has 4 nitrogen and oxygen atoms in total. The molecule has 0 aliphatic rings. The van der Waals surface area contributed by atoms with Gasteiger partial charge in [0.05, 0.1) is 33.2 Å². The fourth-order valence-electron chi connectivity index (χ4n) is 1.70. The van der Waals surface area contributed by atoms with Crippen molar-refractivity contribution < 1.29 is 8.60 Å². The summed E-state index contributed by atoms with van der Waals surface area (Å²) in [6.07, 6.45) is 1.81. The first-order valence-electron chi connectivity index (χ1n) is 6.77. The Hall–Kier alpha value is -1.53. The van der Waals surface area contributed by atoms with Crippen LogP contribution in [0.25, 0.3) is 5.69 Å². The Morgan fingerprint density at radius 2 is 1.86 bits per heavy atom. The third-order valence-electron chi connectivity index (χ3n) is 2.98. The summed E-state index contributed by atoms with van der Waals surface area (Å²) >= 11 is 0. The molecule has 1 heterocycles. The summed E-state index contributed by atoms with van der Waals surface area (Å²) in [5.41, 5.74) is 1.57. The van der Waals surface area contributed by atoms with Crippen LogP contribution < -0.4 is 4.72 Å². The van der Waals surface area contributed by atoms with E-state index in [2.05, 4.69) is 9.82 Å². The molecule has 1 aromatic carbocycles. The number of hydrogen-bond donors (Lipinski definition) is 1. The standard InChI is InChI=1S/C15H20FN3OS/c1-11(18-21(20)15(2,3)4)14-9-10-19(17-14)13-7-5-12(16)6-8-13/h5-11,18H,1-4H3. The van der Waals surface area contributed by atoms with Crippen molar-refractivity contribution in [3.05, 3.63) is 48.0 Å². The monoisotopic (exact) mass is 309 g/mol. The molecule has 1 N–H and O–H groups in total. The molecule has 0 aliphatic heterocycles. The lowest BCUT2D eigenvalue weighted by Crippen LogP contribution is -2.35. The van der Waals surface area contributed by atoms with Gasteiger partial charge in [-0.2, -0.15) is 5.10 Å². The van der Waals surface area contributed by atoms with Gasteiger partial charge < -0.3 is 0 Å². The molecule has 0 saturated heterocycles. The molecule has 0 saturated carbocycles. The van der Waals surface area contributed by atoms with Crippen LogP contribution in [0.5, 0.6) is 0 Å². The van der Waals surface area contributed by atoms with E-state index in [-0.39, 0.29) is 16.6 Å². The summed E-state index contributed by atoms with van der Waals surface area (Å²) in [5.74, 6) is -0.276. The van der Waals surface area contributed by atoms with E-state index in [1.165, 1.54) is 12.1 Å². The van der Waals surface area contributed by atoms with Gasteiger partial charge in [-0.25, -0.2) is 18.0 Å². The summed E-state index contributed by atoms with van der Waals surface area (Å²) in [5, 5.41) is 4.44. The van der Waals surface area contributed by atoms with Crippen molar-refractivity contribution in [2.24, 2.45) is 0 Å². The van der Waals surface area contributed by atoms with Crippen LogP contribution in [0.1, 0.15) is 39.4 Å². The number of benzene rings is 1. The summed E-state index contributed by atoms with van der Waals surface area (Å²) in [4.78, 5) is 0. The first-order valence-corrected chi connectivity index (χ1v) is 7.92. The fourth-order valence-corrected chi connectivity index (χ4v) is 2.50. The summed E-state index contributed by atoms with van der Waals surface area (Å²) in [6, 6.07) is 7.85. The highest BCUT2D eigenvalue weighted by molar-refractivity contribution is 7.84. The molecule has 6 heteroatoms. The van der Waals surface area contributed by atoms with Crippen molar-refractivity contribution >= 4 is 11.0 Å². The Labute approximate surface area is 127 Å². The quantitative estimate of drug-likeness (QED) is 0.943. The molecule has 21 heavy (non-hydrogen) atoms. The molecular formula is C15H20FN3OS. The number of nitrogens with one attached hydrogen (secondary N) is 1. The maximum atomic E-state index is 12.9. The van der Waals surface area contributed by atoms with Gasteiger partial charge in [0.2, 0.25) is 0 Å². The van der Waals surface area contributed by atoms with Crippen molar-refractivity contribution in [2.45, 2.75) is 38.5 Å². The fraction of sp³-hybridized carbons (Fsp3) is 0.400. The van der Waals surface area contributed by atoms with Crippen LogP contribution in [0.3, 0.4) is 0 Å². The molecule has 2 unspecified atom stereocenters. The number of halogens is 1. The normalized spacial score (nSPS) is 14.9. The molecule has 2 atom stereocenters. The minimum absolute atomic E-state index is 0.133. The van der Waals surface area contributed by atoms with Gasteiger partial charge in [-0.3, -0.25) is 0 Å². The Balaban J connectivity index is 2.12. The molecule has 0 amide bonds. The molecule has 0 aliphatic carbocycles. The highest BCUT2D eigenvalue weighted by Gasteiger charge is 2.22. The van der Waals surface area contributed by atoms with Crippen LogP contribution in [0.4, 0.5) is 4.39 Å². The van der Waals surface area contributed by atoms with Gasteiger partial charge in [-0.15, -0.1) is 0 Å². The van der Waals surface area contributed by atoms with Gasteiger partial charge in [0.1, 0.15) is 5.82 Å². The SMILES string of the molecule is CC(NS(=O)C(C)(C)C)c1ccn(-c2ccc(F)cc2)n1. The van der Waals surface area contributed by atoms with Crippen LogP contribution in [-0.4, -0.2) is 18.7 Å². The summed E-state index contributed by atoms with van der Waals surface area (Å²) < 4.78 is 29.4. The first-order chi connectivity index (χ1) is 9.77. The second-order valence-corrected chi connectivity index (χ2v) is 7.88. The third-order valence-corrected chi connectivity index (χ3v) is 4.66. The van der Waals surface area contributed by atoms with Crippen LogP contribution in [-0.2, 0) is 11.0 Å². The smallest absolute Gasteiger partial charge is 0.123 e. The van der Waals surface area contributed by atoms with Crippen molar-refractivity contribution in [1.29, 1.82) is 0 Å². The highest BCUT2D eigenvalue weighted by atomic mass is 32.2. The predicted molar refractivity (Wildman–Crippen MR) is 83.0 cm³/mol. The molecule has 2 rings (SSSR count). The molecular weight excluding hydrogens is 289 g/mol. The lowest BCUT2D eigenvalue weighted by Gasteiger charge is -2.21. The molecule has 2 aromatic rings. The number of hydrogen-bond acceptors (Lipinski definition) is 2. The average Bonchev–Trinajstić information content (AvgIpc) is 2.88. The van der Waals surface area contributed by atoms with Crippen molar-refractivity contribution in [3.8, 4) is 5.69 Å². The summed E-state index contributed by atoms with van der Waals surface area (Å²) in [7, 11) is -1.16. The van der Waals surface area contributed by atoms with E-state index in [1.54, 1.807) is 23.0 Å². The summed E-state index contributed by atoms with van der Waals surface area (Å²) in [6.45, 7) is 7.67. The lowest BCUT2D eigenvalue weighted by atomic mass is 10.3. The maximum Gasteiger partial charge on any atom is 0.123 e. The van der Waals surface area contributed by atoms with Crippen molar-refractivity contribution in [1.82, 2.24) is 14.5 Å². The molecule has 114 valence electrons. The molecule has 0 radical (unpaired) electrons. The van der Waals surface area contributed by atoms with Gasteiger partial charge in [0.25, 0.3) is 0 Å². The van der Waals surface area contributed by atoms with Gasteiger partial charge >= 0.3 is 0 Å². The van der Waals surface area contributed by atoms with E-state index < -0.39 is 11.0 Å². The number of rotatable bonds is 4. The van der Waals surface area contributed by atoms with Crippen LogP contribution in [0.2, 0.25) is 0 Å². The highest BCUT2D eigenvalue weighted by Crippen LogP contribution is 2.17. The number of aromatic nitrogens is 2. The van der Waals surface area contributed by atoms with E-state index in [1.807, 2.05) is 33.8 Å². The van der Waals surface area contributed by atoms with E-state index >= 15 is 0 Å². The van der Waals surface area contributed by atoms with E-state index in [0.717, 1.165) is 11.4 Å². The largest absolute Gasteiger partial charge is 0.242 e. The van der Waals surface area contributed by atoms with E-state index in [4.69, 9.17) is 0 Å². The zero-order valence-electron chi connectivity index (χ0n) is 12.6. The van der Waals surface area contributed by atoms with Gasteiger partial charge in [-0.05, 0) is 58.0 Å². The second kappa shape index (κ2) is 6.07. The Morgan fingerprint density at radius 1 is 1.24 bits per heavy atom. The average molecular weight is 309 g/mol. The third kappa shape index (κ3) is 3.98. The van der Waals surface area contributed by atoms with Crippen LogP contribution in [0.15, 0.2) is 36.5 Å².